The monoisotopic (exact) mass is 241 g/mol. The molecule has 0 aliphatic carbocycles. The molecule has 90 valence electrons. The first-order chi connectivity index (χ1) is 7.63. The highest BCUT2D eigenvalue weighted by atomic mass is 32.1. The maximum absolute atomic E-state index is 11.7. The third-order valence-electron chi connectivity index (χ3n) is 2.54. The number of carbonyl (C=O) groups is 1. The zero-order chi connectivity index (χ0) is 12.0. The fourth-order valence-electron chi connectivity index (χ4n) is 1.55. The zero-order valence-electron chi connectivity index (χ0n) is 9.77. The van der Waals surface area contributed by atoms with Gasteiger partial charge in [-0.1, -0.05) is 13.8 Å². The predicted molar refractivity (Wildman–Crippen MR) is 66.5 cm³/mol. The van der Waals surface area contributed by atoms with E-state index in [-0.39, 0.29) is 18.6 Å². The Balaban J connectivity index is 2.42. The number of thiophene rings is 1. The molecule has 0 fully saturated rings. The molecule has 0 radical (unpaired) electrons. The summed E-state index contributed by atoms with van der Waals surface area (Å²) in [5.41, 5.74) is 1.05. The average molecular weight is 241 g/mol. The highest BCUT2D eigenvalue weighted by molar-refractivity contribution is 7.07. The van der Waals surface area contributed by atoms with Crippen LogP contribution in [0.4, 0.5) is 0 Å². The molecule has 4 heteroatoms. The Morgan fingerprint density at radius 2 is 2.31 bits per heavy atom. The molecule has 0 saturated heterocycles. The van der Waals surface area contributed by atoms with E-state index in [1.54, 1.807) is 11.3 Å². The first-order valence-electron chi connectivity index (χ1n) is 5.54. The van der Waals surface area contributed by atoms with Gasteiger partial charge < -0.3 is 10.4 Å². The minimum absolute atomic E-state index is 0.0329. The Morgan fingerprint density at radius 1 is 1.56 bits per heavy atom. The van der Waals surface area contributed by atoms with E-state index in [1.807, 2.05) is 30.7 Å². The number of nitrogens with one attached hydrogen (secondary N) is 1. The van der Waals surface area contributed by atoms with Gasteiger partial charge in [0, 0.05) is 12.6 Å². The lowest BCUT2D eigenvalue weighted by Crippen LogP contribution is -2.39. The van der Waals surface area contributed by atoms with Crippen LogP contribution in [0.5, 0.6) is 0 Å². The quantitative estimate of drug-likeness (QED) is 0.798. The minimum Gasteiger partial charge on any atom is -0.396 e. The maximum Gasteiger partial charge on any atom is 0.224 e. The van der Waals surface area contributed by atoms with Crippen LogP contribution in [0.2, 0.25) is 0 Å². The number of aliphatic hydroxyl groups is 1. The van der Waals surface area contributed by atoms with Gasteiger partial charge in [-0.2, -0.15) is 11.3 Å². The molecule has 0 saturated carbocycles. The number of hydrogen-bond acceptors (Lipinski definition) is 3. The summed E-state index contributed by atoms with van der Waals surface area (Å²) >= 11 is 1.60. The van der Waals surface area contributed by atoms with Crippen LogP contribution in [0.15, 0.2) is 16.8 Å². The van der Waals surface area contributed by atoms with Crippen molar-refractivity contribution < 1.29 is 9.90 Å². The van der Waals surface area contributed by atoms with E-state index in [0.29, 0.717) is 18.8 Å². The van der Waals surface area contributed by atoms with Crippen LogP contribution in [-0.2, 0) is 11.2 Å². The molecule has 2 N–H and O–H groups in total. The largest absolute Gasteiger partial charge is 0.396 e. The SMILES string of the molecule is CC(C)C(CCO)NC(=O)Cc1ccsc1. The number of carbonyl (C=O) groups excluding carboxylic acids is 1. The second-order valence-electron chi connectivity index (χ2n) is 4.24. The summed E-state index contributed by atoms with van der Waals surface area (Å²) in [7, 11) is 0. The van der Waals surface area contributed by atoms with E-state index >= 15 is 0 Å². The Hall–Kier alpha value is -0.870. The molecular formula is C12H19NO2S. The smallest absolute Gasteiger partial charge is 0.224 e. The summed E-state index contributed by atoms with van der Waals surface area (Å²) in [5.74, 6) is 0.379. The van der Waals surface area contributed by atoms with Crippen LogP contribution in [-0.4, -0.2) is 23.7 Å². The van der Waals surface area contributed by atoms with Gasteiger partial charge in [0.2, 0.25) is 5.91 Å². The van der Waals surface area contributed by atoms with Crippen LogP contribution < -0.4 is 5.32 Å². The maximum atomic E-state index is 11.7. The van der Waals surface area contributed by atoms with Crippen molar-refractivity contribution in [1.82, 2.24) is 5.32 Å². The van der Waals surface area contributed by atoms with Gasteiger partial charge in [-0.05, 0) is 34.7 Å². The van der Waals surface area contributed by atoms with Gasteiger partial charge in [0.05, 0.1) is 6.42 Å². The van der Waals surface area contributed by atoms with Crippen LogP contribution in [0.25, 0.3) is 0 Å². The summed E-state index contributed by atoms with van der Waals surface area (Å²) in [4.78, 5) is 11.7. The van der Waals surface area contributed by atoms with Gasteiger partial charge in [0.1, 0.15) is 0 Å². The highest BCUT2D eigenvalue weighted by Gasteiger charge is 2.15. The van der Waals surface area contributed by atoms with E-state index in [1.165, 1.54) is 0 Å². The molecule has 0 aromatic carbocycles. The first kappa shape index (κ1) is 13.2. The summed E-state index contributed by atoms with van der Waals surface area (Å²) < 4.78 is 0. The van der Waals surface area contributed by atoms with E-state index in [4.69, 9.17) is 5.11 Å². The van der Waals surface area contributed by atoms with Gasteiger partial charge in [0.25, 0.3) is 0 Å². The summed E-state index contributed by atoms with van der Waals surface area (Å²) in [5, 5.41) is 15.8. The van der Waals surface area contributed by atoms with Gasteiger partial charge in [-0.25, -0.2) is 0 Å². The number of aliphatic hydroxyl groups excluding tert-OH is 1. The van der Waals surface area contributed by atoms with Crippen LogP contribution in [0.3, 0.4) is 0 Å². The lowest BCUT2D eigenvalue weighted by molar-refractivity contribution is -0.121. The number of amides is 1. The van der Waals surface area contributed by atoms with Crippen molar-refractivity contribution in [2.45, 2.75) is 32.7 Å². The van der Waals surface area contributed by atoms with E-state index in [9.17, 15) is 4.79 Å². The van der Waals surface area contributed by atoms with Gasteiger partial charge in [-0.3, -0.25) is 4.79 Å². The lowest BCUT2D eigenvalue weighted by atomic mass is 10.0. The van der Waals surface area contributed by atoms with Gasteiger partial charge >= 0.3 is 0 Å². The topological polar surface area (TPSA) is 49.3 Å². The standard InChI is InChI=1S/C12H19NO2S/c1-9(2)11(3-5-14)13-12(15)7-10-4-6-16-8-10/h4,6,8-9,11,14H,3,5,7H2,1-2H3,(H,13,15). The Bertz CT molecular complexity index is 309. The Labute approximate surface area is 100 Å². The van der Waals surface area contributed by atoms with E-state index in [2.05, 4.69) is 5.32 Å². The van der Waals surface area contributed by atoms with Crippen LogP contribution in [0.1, 0.15) is 25.8 Å². The summed E-state index contributed by atoms with van der Waals surface area (Å²) in [6.07, 6.45) is 1.05. The van der Waals surface area contributed by atoms with Crippen molar-refractivity contribution in [2.75, 3.05) is 6.61 Å². The van der Waals surface area contributed by atoms with E-state index < -0.39 is 0 Å². The third kappa shape index (κ3) is 4.33. The molecule has 1 aromatic heterocycles. The van der Waals surface area contributed by atoms with Crippen molar-refractivity contribution in [2.24, 2.45) is 5.92 Å². The highest BCUT2D eigenvalue weighted by Crippen LogP contribution is 2.09. The van der Waals surface area contributed by atoms with Crippen molar-refractivity contribution in [1.29, 1.82) is 0 Å². The van der Waals surface area contributed by atoms with E-state index in [0.717, 1.165) is 5.56 Å². The predicted octanol–water partition coefficient (Wildman–Crippen LogP) is 1.81. The normalized spacial score (nSPS) is 12.8. The molecule has 1 atom stereocenters. The van der Waals surface area contributed by atoms with Crippen molar-refractivity contribution >= 4 is 17.2 Å². The molecule has 3 nitrogen and oxygen atoms in total. The molecule has 16 heavy (non-hydrogen) atoms. The second-order valence-corrected chi connectivity index (χ2v) is 5.02. The van der Waals surface area contributed by atoms with Gasteiger partial charge in [-0.15, -0.1) is 0 Å². The molecule has 1 heterocycles. The number of hydrogen-bond donors (Lipinski definition) is 2. The summed E-state index contributed by atoms with van der Waals surface area (Å²) in [6, 6.07) is 2.02. The van der Waals surface area contributed by atoms with Crippen LogP contribution in [0, 0.1) is 5.92 Å². The lowest BCUT2D eigenvalue weighted by Gasteiger charge is -2.21. The third-order valence-corrected chi connectivity index (χ3v) is 3.27. The fourth-order valence-corrected chi connectivity index (χ4v) is 2.22. The molecule has 0 aliphatic rings. The molecule has 1 amide bonds. The molecule has 0 spiro atoms. The molecule has 0 aliphatic heterocycles. The fraction of sp³-hybridized carbons (Fsp3) is 0.583. The summed E-state index contributed by atoms with van der Waals surface area (Å²) in [6.45, 7) is 4.21. The van der Waals surface area contributed by atoms with Crippen molar-refractivity contribution in [3.63, 3.8) is 0 Å². The second kappa shape index (κ2) is 6.66. The molecular weight excluding hydrogens is 222 g/mol. The average Bonchev–Trinajstić information content (AvgIpc) is 2.69. The molecule has 1 aromatic rings. The minimum atomic E-state index is 0.0329. The Kier molecular flexibility index (Phi) is 5.49. The molecule has 1 unspecified atom stereocenters. The first-order valence-corrected chi connectivity index (χ1v) is 6.49. The molecule has 1 rings (SSSR count). The number of rotatable bonds is 6. The van der Waals surface area contributed by atoms with Crippen molar-refractivity contribution in [3.8, 4) is 0 Å². The molecule has 0 bridgehead atoms. The van der Waals surface area contributed by atoms with Crippen LogP contribution >= 0.6 is 11.3 Å². The Morgan fingerprint density at radius 3 is 2.81 bits per heavy atom. The van der Waals surface area contributed by atoms with Crippen molar-refractivity contribution in [3.05, 3.63) is 22.4 Å². The zero-order valence-corrected chi connectivity index (χ0v) is 10.6. The van der Waals surface area contributed by atoms with Gasteiger partial charge in [0.15, 0.2) is 0 Å².